The Hall–Kier alpha value is -1.62. The molecule has 0 radical (unpaired) electrons. The standard InChI is InChI=1S/C13H16N2O2S/c1-8-10(9-5-6-14-7-9)15-11(18-8)13(2,3)12(16)17-4/h5-7,14H,1-4H3. The number of carbonyl (C=O) groups is 1. The molecule has 0 spiro atoms. The molecule has 0 bridgehead atoms. The van der Waals surface area contributed by atoms with Crippen LogP contribution in [0.5, 0.6) is 0 Å². The first-order valence-electron chi connectivity index (χ1n) is 5.66. The van der Waals surface area contributed by atoms with Gasteiger partial charge in [0, 0.05) is 22.8 Å². The number of esters is 1. The Balaban J connectivity index is 2.44. The molecular weight excluding hydrogens is 248 g/mol. The fourth-order valence-electron chi connectivity index (χ4n) is 1.75. The molecule has 0 aliphatic heterocycles. The Morgan fingerprint density at radius 2 is 2.22 bits per heavy atom. The van der Waals surface area contributed by atoms with E-state index < -0.39 is 5.41 Å². The largest absolute Gasteiger partial charge is 0.468 e. The minimum absolute atomic E-state index is 0.267. The second kappa shape index (κ2) is 4.57. The normalized spacial score (nSPS) is 11.6. The predicted octanol–water partition coefficient (Wildman–Crippen LogP) is 2.90. The first-order valence-corrected chi connectivity index (χ1v) is 6.48. The number of nitrogens with zero attached hydrogens (tertiary/aromatic N) is 1. The predicted molar refractivity (Wildman–Crippen MR) is 71.7 cm³/mol. The lowest BCUT2D eigenvalue weighted by atomic mass is 9.95. The van der Waals surface area contributed by atoms with Gasteiger partial charge in [-0.05, 0) is 26.8 Å². The van der Waals surface area contributed by atoms with Gasteiger partial charge in [0.25, 0.3) is 0 Å². The fraction of sp³-hybridized carbons (Fsp3) is 0.385. The summed E-state index contributed by atoms with van der Waals surface area (Å²) in [5.41, 5.74) is 1.25. The number of aromatic amines is 1. The van der Waals surface area contributed by atoms with E-state index in [1.807, 2.05) is 39.2 Å². The molecule has 0 amide bonds. The maximum absolute atomic E-state index is 11.8. The molecule has 0 unspecified atom stereocenters. The van der Waals surface area contributed by atoms with Gasteiger partial charge in [-0.15, -0.1) is 11.3 Å². The van der Waals surface area contributed by atoms with Gasteiger partial charge in [-0.3, -0.25) is 4.79 Å². The van der Waals surface area contributed by atoms with Crippen LogP contribution in [0.25, 0.3) is 11.3 Å². The van der Waals surface area contributed by atoms with Gasteiger partial charge in [0.2, 0.25) is 0 Å². The number of methoxy groups -OCH3 is 1. The first kappa shape index (κ1) is 12.8. The van der Waals surface area contributed by atoms with Crippen molar-refractivity contribution in [2.24, 2.45) is 0 Å². The van der Waals surface area contributed by atoms with E-state index in [0.29, 0.717) is 0 Å². The second-order valence-electron chi connectivity index (χ2n) is 4.64. The highest BCUT2D eigenvalue weighted by Gasteiger charge is 2.34. The van der Waals surface area contributed by atoms with Crippen molar-refractivity contribution in [3.8, 4) is 11.3 Å². The highest BCUT2D eigenvalue weighted by molar-refractivity contribution is 7.12. The Bertz CT molecular complexity index is 556. The third-order valence-corrected chi connectivity index (χ3v) is 4.19. The van der Waals surface area contributed by atoms with Crippen LogP contribution in [0.1, 0.15) is 23.7 Å². The van der Waals surface area contributed by atoms with Gasteiger partial charge < -0.3 is 9.72 Å². The molecule has 0 aliphatic carbocycles. The van der Waals surface area contributed by atoms with E-state index in [2.05, 4.69) is 9.97 Å². The summed E-state index contributed by atoms with van der Waals surface area (Å²) in [6.07, 6.45) is 3.76. The molecule has 0 saturated carbocycles. The van der Waals surface area contributed by atoms with E-state index in [1.54, 1.807) is 0 Å². The van der Waals surface area contributed by atoms with Crippen LogP contribution >= 0.6 is 11.3 Å². The van der Waals surface area contributed by atoms with Gasteiger partial charge in [-0.2, -0.15) is 0 Å². The van der Waals surface area contributed by atoms with Gasteiger partial charge in [0.05, 0.1) is 12.8 Å². The topological polar surface area (TPSA) is 55.0 Å². The Morgan fingerprint density at radius 3 is 2.78 bits per heavy atom. The molecular formula is C13H16N2O2S. The number of hydrogen-bond donors (Lipinski definition) is 1. The number of aromatic nitrogens is 2. The number of rotatable bonds is 3. The number of ether oxygens (including phenoxy) is 1. The monoisotopic (exact) mass is 264 g/mol. The van der Waals surface area contributed by atoms with Crippen molar-refractivity contribution in [3.05, 3.63) is 28.3 Å². The zero-order valence-corrected chi connectivity index (χ0v) is 11.7. The van der Waals surface area contributed by atoms with E-state index in [4.69, 9.17) is 4.74 Å². The molecule has 0 fully saturated rings. The van der Waals surface area contributed by atoms with E-state index in [0.717, 1.165) is 21.1 Å². The second-order valence-corrected chi connectivity index (χ2v) is 5.84. The molecule has 0 saturated heterocycles. The number of nitrogens with one attached hydrogen (secondary N) is 1. The number of carbonyl (C=O) groups excluding carboxylic acids is 1. The van der Waals surface area contributed by atoms with Gasteiger partial charge in [0.1, 0.15) is 10.4 Å². The van der Waals surface area contributed by atoms with Crippen LogP contribution in [0.15, 0.2) is 18.5 Å². The van der Waals surface area contributed by atoms with E-state index in [1.165, 1.54) is 18.4 Å². The molecule has 96 valence electrons. The third-order valence-electron chi connectivity index (χ3n) is 2.90. The van der Waals surface area contributed by atoms with Gasteiger partial charge >= 0.3 is 5.97 Å². The lowest BCUT2D eigenvalue weighted by molar-refractivity contribution is -0.146. The first-order chi connectivity index (χ1) is 8.46. The molecule has 0 atom stereocenters. The number of hydrogen-bond acceptors (Lipinski definition) is 4. The van der Waals surface area contributed by atoms with Crippen molar-refractivity contribution in [1.29, 1.82) is 0 Å². The van der Waals surface area contributed by atoms with Crippen LogP contribution in [0.2, 0.25) is 0 Å². The SMILES string of the molecule is COC(=O)C(C)(C)c1nc(-c2cc[nH]c2)c(C)s1. The highest BCUT2D eigenvalue weighted by atomic mass is 32.1. The zero-order valence-electron chi connectivity index (χ0n) is 10.9. The maximum atomic E-state index is 11.8. The molecule has 0 aliphatic rings. The van der Waals surface area contributed by atoms with Crippen molar-refractivity contribution < 1.29 is 9.53 Å². The Morgan fingerprint density at radius 1 is 1.50 bits per heavy atom. The van der Waals surface area contributed by atoms with Crippen molar-refractivity contribution in [3.63, 3.8) is 0 Å². The van der Waals surface area contributed by atoms with Gasteiger partial charge in [-0.1, -0.05) is 0 Å². The summed E-state index contributed by atoms with van der Waals surface area (Å²) in [5.74, 6) is -0.267. The van der Waals surface area contributed by atoms with Crippen LogP contribution in [0.4, 0.5) is 0 Å². The molecule has 1 N–H and O–H groups in total. The summed E-state index contributed by atoms with van der Waals surface area (Å²) in [4.78, 5) is 20.5. The van der Waals surface area contributed by atoms with E-state index in [-0.39, 0.29) is 5.97 Å². The average molecular weight is 264 g/mol. The molecule has 2 aromatic heterocycles. The summed E-state index contributed by atoms with van der Waals surface area (Å²) >= 11 is 1.54. The molecule has 2 rings (SSSR count). The van der Waals surface area contributed by atoms with Gasteiger partial charge in [-0.25, -0.2) is 4.98 Å². The molecule has 4 nitrogen and oxygen atoms in total. The average Bonchev–Trinajstić information content (AvgIpc) is 2.96. The van der Waals surface area contributed by atoms with Crippen LogP contribution in [0, 0.1) is 6.92 Å². The highest BCUT2D eigenvalue weighted by Crippen LogP contribution is 2.34. The summed E-state index contributed by atoms with van der Waals surface area (Å²) in [5, 5.41) is 0.781. The van der Waals surface area contributed by atoms with Crippen molar-refractivity contribution in [2.45, 2.75) is 26.2 Å². The zero-order chi connectivity index (χ0) is 13.3. The molecule has 2 heterocycles. The molecule has 18 heavy (non-hydrogen) atoms. The van der Waals surface area contributed by atoms with E-state index in [9.17, 15) is 4.79 Å². The van der Waals surface area contributed by atoms with Crippen molar-refractivity contribution >= 4 is 17.3 Å². The number of thiazole rings is 1. The lowest BCUT2D eigenvalue weighted by Gasteiger charge is -2.18. The van der Waals surface area contributed by atoms with Crippen LogP contribution in [0.3, 0.4) is 0 Å². The lowest BCUT2D eigenvalue weighted by Crippen LogP contribution is -2.30. The van der Waals surface area contributed by atoms with Gasteiger partial charge in [0.15, 0.2) is 0 Å². The summed E-state index contributed by atoms with van der Waals surface area (Å²) in [7, 11) is 1.40. The molecule has 0 aromatic carbocycles. The van der Waals surface area contributed by atoms with E-state index >= 15 is 0 Å². The smallest absolute Gasteiger partial charge is 0.318 e. The molecule has 2 aromatic rings. The molecule has 5 heteroatoms. The third kappa shape index (κ3) is 2.06. The summed E-state index contributed by atoms with van der Waals surface area (Å²) < 4.78 is 4.83. The quantitative estimate of drug-likeness (QED) is 0.867. The Labute approximate surface area is 110 Å². The maximum Gasteiger partial charge on any atom is 0.318 e. The van der Waals surface area contributed by atoms with Crippen LogP contribution < -0.4 is 0 Å². The number of H-pyrrole nitrogens is 1. The Kier molecular flexibility index (Phi) is 3.26. The minimum Gasteiger partial charge on any atom is -0.468 e. The van der Waals surface area contributed by atoms with Crippen molar-refractivity contribution in [2.75, 3.05) is 7.11 Å². The van der Waals surface area contributed by atoms with Crippen molar-refractivity contribution in [1.82, 2.24) is 9.97 Å². The summed E-state index contributed by atoms with van der Waals surface area (Å²) in [6, 6.07) is 1.97. The van der Waals surface area contributed by atoms with Crippen LogP contribution in [-0.2, 0) is 14.9 Å². The fourth-order valence-corrected chi connectivity index (χ4v) is 2.77. The minimum atomic E-state index is -0.710. The number of aryl methyl sites for hydroxylation is 1. The summed E-state index contributed by atoms with van der Waals surface area (Å²) in [6.45, 7) is 5.67. The van der Waals surface area contributed by atoms with Crippen LogP contribution in [-0.4, -0.2) is 23.0 Å².